The van der Waals surface area contributed by atoms with Gasteiger partial charge >= 0.3 is 0 Å². The number of Topliss-reactive ketones (excluding diaryl/α,β-unsaturated/α-hetero) is 1. The van der Waals surface area contributed by atoms with Crippen LogP contribution in [-0.2, 0) is 10.8 Å². The van der Waals surface area contributed by atoms with Crippen molar-refractivity contribution in [3.8, 4) is 0 Å². The van der Waals surface area contributed by atoms with Crippen LogP contribution in [0.3, 0.4) is 0 Å². The van der Waals surface area contributed by atoms with Crippen molar-refractivity contribution in [1.82, 2.24) is 0 Å². The van der Waals surface area contributed by atoms with Crippen molar-refractivity contribution in [2.24, 2.45) is 5.92 Å². The first-order valence-corrected chi connectivity index (χ1v) is 8.86. The molecule has 2 rings (SSSR count). The summed E-state index contributed by atoms with van der Waals surface area (Å²) in [5, 5.41) is -0.391. The lowest BCUT2D eigenvalue weighted by atomic mass is 10.0. The average Bonchev–Trinajstić information content (AvgIpc) is 2.93. The summed E-state index contributed by atoms with van der Waals surface area (Å²) in [6.07, 6.45) is 4.86. The molecule has 1 aliphatic carbocycles. The zero-order valence-corrected chi connectivity index (χ0v) is 13.5. The number of aryl methyl sites for hydroxylation is 2. The fourth-order valence-corrected chi connectivity index (χ4v) is 4.26. The van der Waals surface area contributed by atoms with Crippen molar-refractivity contribution in [3.05, 3.63) is 34.9 Å². The number of hydrogen-bond acceptors (Lipinski definition) is 2. The van der Waals surface area contributed by atoms with Gasteiger partial charge in [-0.05, 0) is 56.7 Å². The normalized spacial score (nSPS) is 18.9. The minimum absolute atomic E-state index is 0.0180. The minimum atomic E-state index is -1.05. The summed E-state index contributed by atoms with van der Waals surface area (Å²) < 4.78 is 12.4. The Morgan fingerprint density at radius 3 is 2.50 bits per heavy atom. The molecule has 1 aromatic carbocycles. The first kappa shape index (κ1) is 15.4. The quantitative estimate of drug-likeness (QED) is 0.773. The fourth-order valence-electron chi connectivity index (χ4n) is 2.80. The lowest BCUT2D eigenvalue weighted by Crippen LogP contribution is -2.26. The van der Waals surface area contributed by atoms with E-state index < -0.39 is 16.0 Å². The maximum Gasteiger partial charge on any atom is 0.178 e. The first-order chi connectivity index (χ1) is 9.49. The van der Waals surface area contributed by atoms with E-state index in [4.69, 9.17) is 0 Å². The van der Waals surface area contributed by atoms with Crippen molar-refractivity contribution in [1.29, 1.82) is 0 Å². The molecular weight excluding hydrogens is 268 g/mol. The van der Waals surface area contributed by atoms with Crippen LogP contribution in [0.1, 0.15) is 54.1 Å². The standard InChI is InChI=1S/C17H24O2S/c1-12-8-9-16(10-13(12)2)17(18)14(3)20(19)11-15-6-4-5-7-15/h8-10,14-15H,4-7,11H2,1-3H3. The van der Waals surface area contributed by atoms with Crippen LogP contribution in [0.2, 0.25) is 0 Å². The van der Waals surface area contributed by atoms with E-state index >= 15 is 0 Å². The van der Waals surface area contributed by atoms with Crippen LogP contribution in [0.15, 0.2) is 18.2 Å². The van der Waals surface area contributed by atoms with E-state index in [1.165, 1.54) is 31.2 Å². The van der Waals surface area contributed by atoms with Crippen molar-refractivity contribution in [2.75, 3.05) is 5.75 Å². The van der Waals surface area contributed by atoms with Crippen molar-refractivity contribution < 1.29 is 9.00 Å². The highest BCUT2D eigenvalue weighted by molar-refractivity contribution is 7.86. The number of rotatable bonds is 5. The van der Waals surface area contributed by atoms with Gasteiger partial charge in [0.05, 0.1) is 5.25 Å². The summed E-state index contributed by atoms with van der Waals surface area (Å²) in [6.45, 7) is 5.85. The third-order valence-electron chi connectivity index (χ3n) is 4.43. The van der Waals surface area contributed by atoms with E-state index in [0.29, 0.717) is 17.2 Å². The van der Waals surface area contributed by atoms with E-state index in [1.54, 1.807) is 0 Å². The Morgan fingerprint density at radius 2 is 1.90 bits per heavy atom. The monoisotopic (exact) mass is 292 g/mol. The van der Waals surface area contributed by atoms with Crippen LogP contribution in [0.5, 0.6) is 0 Å². The molecule has 0 amide bonds. The number of carbonyl (C=O) groups is 1. The SMILES string of the molecule is Cc1ccc(C(=O)C(C)S(=O)CC2CCCC2)cc1C. The molecule has 0 aliphatic heterocycles. The lowest BCUT2D eigenvalue weighted by molar-refractivity contribution is 0.0992. The van der Waals surface area contributed by atoms with Gasteiger partial charge in [-0.1, -0.05) is 25.0 Å². The van der Waals surface area contributed by atoms with Gasteiger partial charge in [-0.3, -0.25) is 9.00 Å². The molecule has 0 aromatic heterocycles. The Kier molecular flexibility index (Phi) is 5.14. The van der Waals surface area contributed by atoms with Gasteiger partial charge in [0.15, 0.2) is 5.78 Å². The molecule has 0 heterocycles. The van der Waals surface area contributed by atoms with E-state index in [2.05, 4.69) is 0 Å². The summed E-state index contributed by atoms with van der Waals surface area (Å²) in [5.74, 6) is 1.27. The first-order valence-electron chi connectivity index (χ1n) is 7.47. The lowest BCUT2D eigenvalue weighted by Gasteiger charge is -2.14. The Morgan fingerprint density at radius 1 is 1.25 bits per heavy atom. The summed E-state index contributed by atoms with van der Waals surface area (Å²) >= 11 is 0. The summed E-state index contributed by atoms with van der Waals surface area (Å²) in [4.78, 5) is 12.4. The molecule has 1 fully saturated rings. The average molecular weight is 292 g/mol. The molecule has 20 heavy (non-hydrogen) atoms. The van der Waals surface area contributed by atoms with Gasteiger partial charge in [0.2, 0.25) is 0 Å². The minimum Gasteiger partial charge on any atom is -0.293 e. The number of hydrogen-bond donors (Lipinski definition) is 0. The van der Waals surface area contributed by atoms with Crippen LogP contribution in [0, 0.1) is 19.8 Å². The van der Waals surface area contributed by atoms with E-state index in [-0.39, 0.29) is 5.78 Å². The van der Waals surface area contributed by atoms with Crippen molar-refractivity contribution in [2.45, 2.75) is 51.7 Å². The van der Waals surface area contributed by atoms with E-state index in [9.17, 15) is 9.00 Å². The van der Waals surface area contributed by atoms with Gasteiger partial charge in [-0.15, -0.1) is 0 Å². The molecular formula is C17H24O2S. The zero-order valence-electron chi connectivity index (χ0n) is 12.6. The highest BCUT2D eigenvalue weighted by Crippen LogP contribution is 2.26. The second-order valence-electron chi connectivity index (χ2n) is 6.00. The van der Waals surface area contributed by atoms with Crippen molar-refractivity contribution in [3.63, 3.8) is 0 Å². The molecule has 1 aliphatic rings. The van der Waals surface area contributed by atoms with Crippen LogP contribution in [-0.4, -0.2) is 21.0 Å². The Bertz CT molecular complexity index is 516. The molecule has 110 valence electrons. The predicted octanol–water partition coefficient (Wildman–Crippen LogP) is 3.81. The third kappa shape index (κ3) is 3.57. The maximum absolute atomic E-state index is 12.4. The van der Waals surface area contributed by atoms with Gasteiger partial charge in [0, 0.05) is 22.1 Å². The molecule has 1 saturated carbocycles. The predicted molar refractivity (Wildman–Crippen MR) is 84.7 cm³/mol. The maximum atomic E-state index is 12.4. The van der Waals surface area contributed by atoms with Crippen LogP contribution < -0.4 is 0 Å². The van der Waals surface area contributed by atoms with Gasteiger partial charge < -0.3 is 0 Å². The topological polar surface area (TPSA) is 34.1 Å². The highest BCUT2D eigenvalue weighted by Gasteiger charge is 2.25. The van der Waals surface area contributed by atoms with Crippen LogP contribution in [0.4, 0.5) is 0 Å². The van der Waals surface area contributed by atoms with Gasteiger partial charge in [-0.25, -0.2) is 0 Å². The Labute approximate surface area is 124 Å². The van der Waals surface area contributed by atoms with Crippen molar-refractivity contribution >= 4 is 16.6 Å². The number of benzene rings is 1. The summed E-state index contributed by atoms with van der Waals surface area (Å²) in [6, 6.07) is 5.74. The summed E-state index contributed by atoms with van der Waals surface area (Å²) in [7, 11) is -1.05. The molecule has 0 saturated heterocycles. The largest absolute Gasteiger partial charge is 0.293 e. The molecule has 2 unspecified atom stereocenters. The van der Waals surface area contributed by atoms with E-state index in [1.807, 2.05) is 39.0 Å². The molecule has 2 nitrogen and oxygen atoms in total. The molecule has 1 aromatic rings. The third-order valence-corrected chi connectivity index (χ3v) is 6.23. The van der Waals surface area contributed by atoms with E-state index in [0.717, 1.165) is 5.56 Å². The fraction of sp³-hybridized carbons (Fsp3) is 0.588. The summed E-state index contributed by atoms with van der Waals surface area (Å²) in [5.41, 5.74) is 2.99. The second-order valence-corrected chi connectivity index (χ2v) is 7.81. The van der Waals surface area contributed by atoms with Gasteiger partial charge in [-0.2, -0.15) is 0 Å². The smallest absolute Gasteiger partial charge is 0.178 e. The van der Waals surface area contributed by atoms with Crippen LogP contribution in [0.25, 0.3) is 0 Å². The Balaban J connectivity index is 2.03. The molecule has 3 heteroatoms. The van der Waals surface area contributed by atoms with Gasteiger partial charge in [0.1, 0.15) is 0 Å². The van der Waals surface area contributed by atoms with Crippen LogP contribution >= 0.6 is 0 Å². The molecule has 0 spiro atoms. The molecule has 0 N–H and O–H groups in total. The molecule has 0 bridgehead atoms. The Hall–Kier alpha value is -0.960. The number of carbonyl (C=O) groups excluding carboxylic acids is 1. The van der Waals surface area contributed by atoms with Gasteiger partial charge in [0.25, 0.3) is 0 Å². The number of ketones is 1. The zero-order chi connectivity index (χ0) is 14.7. The highest BCUT2D eigenvalue weighted by atomic mass is 32.2. The second kappa shape index (κ2) is 6.66. The molecule has 2 atom stereocenters. The molecule has 0 radical (unpaired) electrons.